The van der Waals surface area contributed by atoms with Crippen LogP contribution in [0.1, 0.15) is 0 Å². The molecule has 0 atom stereocenters. The Labute approximate surface area is 88.2 Å². The van der Waals surface area contributed by atoms with Crippen LogP contribution in [0, 0.1) is 0 Å². The van der Waals surface area contributed by atoms with E-state index in [1.807, 2.05) is 0 Å². The van der Waals surface area contributed by atoms with E-state index in [1.165, 1.54) is 0 Å². The lowest BCUT2D eigenvalue weighted by Gasteiger charge is -2.32. The Hall–Kier alpha value is -0.750. The number of hydrogen-bond donors (Lipinski definition) is 1. The molecule has 4 nitrogen and oxygen atoms in total. The summed E-state index contributed by atoms with van der Waals surface area (Å²) >= 11 is 0. The molecule has 0 radical (unpaired) electrons. The van der Waals surface area contributed by atoms with Gasteiger partial charge in [-0.15, -0.1) is 0 Å². The van der Waals surface area contributed by atoms with Crippen LogP contribution in [0.3, 0.4) is 0 Å². The standard InChI is InChI=1S/C9H17F2N3O/c1-13-4-6-14(7-5-13)3-2-12-9(15)8(10)11/h8H,2-7H2,1H3,(H,12,15). The number of nitrogens with one attached hydrogen (secondary N) is 1. The first-order valence-electron chi connectivity index (χ1n) is 5.06. The van der Waals surface area contributed by atoms with Crippen molar-refractivity contribution in [1.29, 1.82) is 0 Å². The predicted octanol–water partition coefficient (Wildman–Crippen LogP) is -0.385. The van der Waals surface area contributed by atoms with E-state index in [4.69, 9.17) is 0 Å². The van der Waals surface area contributed by atoms with Gasteiger partial charge in [0.2, 0.25) is 0 Å². The first-order chi connectivity index (χ1) is 7.09. The third kappa shape index (κ3) is 4.53. The lowest BCUT2D eigenvalue weighted by molar-refractivity contribution is -0.131. The van der Waals surface area contributed by atoms with Crippen molar-refractivity contribution in [2.24, 2.45) is 0 Å². The molecule has 1 N–H and O–H groups in total. The number of rotatable bonds is 4. The van der Waals surface area contributed by atoms with Crippen LogP contribution in [0.5, 0.6) is 0 Å². The maximum Gasteiger partial charge on any atom is 0.315 e. The van der Waals surface area contributed by atoms with Crippen LogP contribution in [-0.4, -0.2) is 68.4 Å². The van der Waals surface area contributed by atoms with Crippen molar-refractivity contribution < 1.29 is 13.6 Å². The molecule has 1 aliphatic heterocycles. The van der Waals surface area contributed by atoms with Gasteiger partial charge in [0, 0.05) is 39.3 Å². The molecule has 1 aliphatic rings. The van der Waals surface area contributed by atoms with Crippen molar-refractivity contribution in [3.8, 4) is 0 Å². The minimum absolute atomic E-state index is 0.298. The highest BCUT2D eigenvalue weighted by molar-refractivity contribution is 5.78. The van der Waals surface area contributed by atoms with E-state index in [0.29, 0.717) is 13.1 Å². The molecule has 1 rings (SSSR count). The molecule has 0 bridgehead atoms. The Kier molecular flexibility index (Phi) is 4.90. The number of carbonyl (C=O) groups is 1. The van der Waals surface area contributed by atoms with Crippen molar-refractivity contribution in [1.82, 2.24) is 15.1 Å². The van der Waals surface area contributed by atoms with Gasteiger partial charge in [0.05, 0.1) is 0 Å². The molecule has 0 aromatic rings. The Morgan fingerprint density at radius 2 is 1.93 bits per heavy atom. The van der Waals surface area contributed by atoms with Crippen molar-refractivity contribution >= 4 is 5.91 Å². The zero-order valence-corrected chi connectivity index (χ0v) is 8.88. The van der Waals surface area contributed by atoms with Gasteiger partial charge in [-0.05, 0) is 7.05 Å². The third-order valence-corrected chi connectivity index (χ3v) is 2.52. The second-order valence-corrected chi connectivity index (χ2v) is 3.74. The molecule has 0 saturated carbocycles. The van der Waals surface area contributed by atoms with Crippen molar-refractivity contribution in [2.45, 2.75) is 6.43 Å². The lowest BCUT2D eigenvalue weighted by atomic mass is 10.3. The Morgan fingerprint density at radius 3 is 2.47 bits per heavy atom. The molecular formula is C9H17F2N3O. The topological polar surface area (TPSA) is 35.6 Å². The summed E-state index contributed by atoms with van der Waals surface area (Å²) in [6.45, 7) is 4.78. The van der Waals surface area contributed by atoms with Crippen LogP contribution in [0.2, 0.25) is 0 Å². The average Bonchev–Trinajstić information content (AvgIpc) is 2.20. The number of hydrogen-bond acceptors (Lipinski definition) is 3. The smallest absolute Gasteiger partial charge is 0.315 e. The fraction of sp³-hybridized carbons (Fsp3) is 0.889. The Bertz CT molecular complexity index is 206. The monoisotopic (exact) mass is 221 g/mol. The highest BCUT2D eigenvalue weighted by atomic mass is 19.3. The second-order valence-electron chi connectivity index (χ2n) is 3.74. The Morgan fingerprint density at radius 1 is 1.33 bits per heavy atom. The molecule has 6 heteroatoms. The first kappa shape index (κ1) is 12.3. The van der Waals surface area contributed by atoms with Crippen molar-refractivity contribution in [3.05, 3.63) is 0 Å². The minimum Gasteiger partial charge on any atom is -0.350 e. The van der Waals surface area contributed by atoms with Crippen molar-refractivity contribution in [3.63, 3.8) is 0 Å². The molecule has 0 aromatic heterocycles. The van der Waals surface area contributed by atoms with E-state index in [2.05, 4.69) is 22.2 Å². The number of nitrogens with zero attached hydrogens (tertiary/aromatic N) is 2. The molecule has 1 amide bonds. The number of alkyl halides is 2. The van der Waals surface area contributed by atoms with Gasteiger partial charge in [-0.1, -0.05) is 0 Å². The van der Waals surface area contributed by atoms with Gasteiger partial charge < -0.3 is 10.2 Å². The fourth-order valence-corrected chi connectivity index (χ4v) is 1.49. The van der Waals surface area contributed by atoms with Crippen LogP contribution in [0.4, 0.5) is 8.78 Å². The zero-order valence-electron chi connectivity index (χ0n) is 8.88. The summed E-state index contributed by atoms with van der Waals surface area (Å²) in [5.41, 5.74) is 0. The third-order valence-electron chi connectivity index (χ3n) is 2.52. The number of carbonyl (C=O) groups excluding carboxylic acids is 1. The summed E-state index contributed by atoms with van der Waals surface area (Å²) in [6, 6.07) is 0. The van der Waals surface area contributed by atoms with Crippen molar-refractivity contribution in [2.75, 3.05) is 46.3 Å². The number of amides is 1. The molecule has 15 heavy (non-hydrogen) atoms. The van der Waals surface area contributed by atoms with E-state index in [9.17, 15) is 13.6 Å². The largest absolute Gasteiger partial charge is 0.350 e. The molecule has 1 heterocycles. The van der Waals surface area contributed by atoms with Crippen LogP contribution in [0.25, 0.3) is 0 Å². The number of likely N-dealkylation sites (N-methyl/N-ethyl adjacent to an activating group) is 1. The lowest BCUT2D eigenvalue weighted by Crippen LogP contribution is -2.47. The molecule has 88 valence electrons. The van der Waals surface area contributed by atoms with E-state index in [1.54, 1.807) is 0 Å². The highest BCUT2D eigenvalue weighted by Crippen LogP contribution is 1.97. The molecule has 0 unspecified atom stereocenters. The molecule has 1 fully saturated rings. The summed E-state index contributed by atoms with van der Waals surface area (Å²) in [5.74, 6) is -1.18. The Balaban J connectivity index is 2.08. The second kappa shape index (κ2) is 5.97. The number of halogens is 2. The van der Waals surface area contributed by atoms with Gasteiger partial charge in [-0.3, -0.25) is 9.69 Å². The maximum atomic E-state index is 11.8. The maximum absolute atomic E-state index is 11.8. The van der Waals surface area contributed by atoms with E-state index in [0.717, 1.165) is 26.2 Å². The summed E-state index contributed by atoms with van der Waals surface area (Å²) < 4.78 is 23.6. The quantitative estimate of drug-likeness (QED) is 0.702. The van der Waals surface area contributed by atoms with Gasteiger partial charge in [-0.2, -0.15) is 8.78 Å². The van der Waals surface area contributed by atoms with Crippen LogP contribution in [0.15, 0.2) is 0 Å². The first-order valence-corrected chi connectivity index (χ1v) is 5.06. The van der Waals surface area contributed by atoms with E-state index in [-0.39, 0.29) is 0 Å². The molecule has 1 saturated heterocycles. The minimum atomic E-state index is -2.91. The fourth-order valence-electron chi connectivity index (χ4n) is 1.49. The van der Waals surface area contributed by atoms with Gasteiger partial charge in [-0.25, -0.2) is 0 Å². The van der Waals surface area contributed by atoms with Crippen LogP contribution < -0.4 is 5.32 Å². The molecule has 0 spiro atoms. The summed E-state index contributed by atoms with van der Waals surface area (Å²) in [5, 5.41) is 2.20. The average molecular weight is 221 g/mol. The zero-order chi connectivity index (χ0) is 11.3. The van der Waals surface area contributed by atoms with Crippen LogP contribution in [-0.2, 0) is 4.79 Å². The highest BCUT2D eigenvalue weighted by Gasteiger charge is 2.16. The number of piperazine rings is 1. The molecular weight excluding hydrogens is 204 g/mol. The van der Waals surface area contributed by atoms with Gasteiger partial charge in [0.1, 0.15) is 0 Å². The van der Waals surface area contributed by atoms with Gasteiger partial charge in [0.15, 0.2) is 0 Å². The SMILES string of the molecule is CN1CCN(CCNC(=O)C(F)F)CC1. The molecule has 0 aliphatic carbocycles. The van der Waals surface area contributed by atoms with E-state index < -0.39 is 12.3 Å². The van der Waals surface area contributed by atoms with E-state index >= 15 is 0 Å². The summed E-state index contributed by atoms with van der Waals surface area (Å²) in [6.07, 6.45) is -2.91. The predicted molar refractivity (Wildman–Crippen MR) is 53.0 cm³/mol. The molecule has 0 aromatic carbocycles. The summed E-state index contributed by atoms with van der Waals surface area (Å²) in [4.78, 5) is 14.9. The summed E-state index contributed by atoms with van der Waals surface area (Å²) in [7, 11) is 2.05. The van der Waals surface area contributed by atoms with Crippen LogP contribution >= 0.6 is 0 Å². The van der Waals surface area contributed by atoms with Gasteiger partial charge in [0.25, 0.3) is 5.91 Å². The normalized spacial score (nSPS) is 19.5. The van der Waals surface area contributed by atoms with Gasteiger partial charge >= 0.3 is 6.43 Å².